The molecule has 6 nitrogen and oxygen atoms in total. The van der Waals surface area contributed by atoms with E-state index < -0.39 is 6.10 Å². The Bertz CT molecular complexity index is 797. The molecule has 0 fully saturated rings. The molecule has 2 aromatic rings. The number of fused-ring (bicyclic) bond motifs is 1. The SMILES string of the molecule is CCNC(=O)COc1ccc2c(c1)CC(NC[C@H](O)COc1ccccc1)CCC2. The number of aryl methyl sites for hydroxylation is 1. The maximum atomic E-state index is 11.6. The zero-order valence-corrected chi connectivity index (χ0v) is 17.6. The second-order valence-electron chi connectivity index (χ2n) is 7.65. The van der Waals surface area contributed by atoms with Gasteiger partial charge in [0.1, 0.15) is 24.2 Å². The Kier molecular flexibility index (Phi) is 8.53. The number of carbonyl (C=O) groups excluding carboxylic acids is 1. The minimum atomic E-state index is -0.570. The average molecular weight is 413 g/mol. The van der Waals surface area contributed by atoms with Gasteiger partial charge in [-0.2, -0.15) is 0 Å². The number of rotatable bonds is 10. The van der Waals surface area contributed by atoms with Gasteiger partial charge in [-0.25, -0.2) is 0 Å². The van der Waals surface area contributed by atoms with Crippen LogP contribution in [0.3, 0.4) is 0 Å². The average Bonchev–Trinajstić information content (AvgIpc) is 2.97. The van der Waals surface area contributed by atoms with E-state index in [-0.39, 0.29) is 25.2 Å². The number of likely N-dealkylation sites (N-methyl/N-ethyl adjacent to an activating group) is 1. The van der Waals surface area contributed by atoms with Crippen LogP contribution in [0, 0.1) is 0 Å². The van der Waals surface area contributed by atoms with Gasteiger partial charge in [0, 0.05) is 19.1 Å². The minimum absolute atomic E-state index is 0.0297. The van der Waals surface area contributed by atoms with Gasteiger partial charge in [0.25, 0.3) is 5.91 Å². The summed E-state index contributed by atoms with van der Waals surface area (Å²) in [5, 5.41) is 16.5. The summed E-state index contributed by atoms with van der Waals surface area (Å²) in [6, 6.07) is 15.9. The van der Waals surface area contributed by atoms with E-state index in [0.29, 0.717) is 13.1 Å². The molecule has 3 rings (SSSR count). The van der Waals surface area contributed by atoms with Gasteiger partial charge < -0.3 is 25.2 Å². The normalized spacial score (nSPS) is 16.8. The van der Waals surface area contributed by atoms with Crippen LogP contribution in [0.1, 0.15) is 30.9 Å². The maximum absolute atomic E-state index is 11.6. The highest BCUT2D eigenvalue weighted by Gasteiger charge is 2.18. The fraction of sp³-hybridized carbons (Fsp3) is 0.458. The Labute approximate surface area is 178 Å². The van der Waals surface area contributed by atoms with E-state index in [0.717, 1.165) is 37.2 Å². The van der Waals surface area contributed by atoms with Crippen molar-refractivity contribution in [3.63, 3.8) is 0 Å². The van der Waals surface area contributed by atoms with E-state index in [1.807, 2.05) is 49.4 Å². The third-order valence-corrected chi connectivity index (χ3v) is 5.21. The van der Waals surface area contributed by atoms with Gasteiger partial charge in [-0.05, 0) is 68.0 Å². The zero-order valence-electron chi connectivity index (χ0n) is 17.6. The maximum Gasteiger partial charge on any atom is 0.257 e. The molecule has 3 N–H and O–H groups in total. The highest BCUT2D eigenvalue weighted by atomic mass is 16.5. The molecule has 2 atom stereocenters. The summed E-state index contributed by atoms with van der Waals surface area (Å²) in [5.74, 6) is 1.37. The molecule has 0 saturated heterocycles. The van der Waals surface area contributed by atoms with E-state index in [2.05, 4.69) is 16.7 Å². The van der Waals surface area contributed by atoms with Crippen molar-refractivity contribution in [1.29, 1.82) is 0 Å². The van der Waals surface area contributed by atoms with E-state index >= 15 is 0 Å². The van der Waals surface area contributed by atoms with Crippen LogP contribution >= 0.6 is 0 Å². The first kappa shape index (κ1) is 22.1. The lowest BCUT2D eigenvalue weighted by molar-refractivity contribution is -0.122. The van der Waals surface area contributed by atoms with Crippen molar-refractivity contribution < 1.29 is 19.4 Å². The predicted molar refractivity (Wildman–Crippen MR) is 117 cm³/mol. The Hall–Kier alpha value is -2.57. The molecular weight excluding hydrogens is 380 g/mol. The van der Waals surface area contributed by atoms with Crippen LogP contribution in [-0.4, -0.2) is 49.5 Å². The Balaban J connectivity index is 1.48. The van der Waals surface area contributed by atoms with Crippen molar-refractivity contribution in [2.45, 2.75) is 44.8 Å². The summed E-state index contributed by atoms with van der Waals surface area (Å²) in [4.78, 5) is 11.6. The van der Waals surface area contributed by atoms with Crippen LogP contribution in [0.5, 0.6) is 11.5 Å². The van der Waals surface area contributed by atoms with Gasteiger partial charge in [-0.3, -0.25) is 4.79 Å². The summed E-state index contributed by atoms with van der Waals surface area (Å²) in [7, 11) is 0. The smallest absolute Gasteiger partial charge is 0.257 e. The van der Waals surface area contributed by atoms with Gasteiger partial charge in [0.2, 0.25) is 0 Å². The van der Waals surface area contributed by atoms with Gasteiger partial charge >= 0.3 is 0 Å². The van der Waals surface area contributed by atoms with Crippen LogP contribution in [0.15, 0.2) is 48.5 Å². The quantitative estimate of drug-likeness (QED) is 0.523. The Morgan fingerprint density at radius 2 is 1.97 bits per heavy atom. The van der Waals surface area contributed by atoms with Crippen LogP contribution in [0.4, 0.5) is 0 Å². The molecule has 1 amide bonds. The number of hydrogen-bond donors (Lipinski definition) is 3. The monoisotopic (exact) mass is 412 g/mol. The number of para-hydroxylation sites is 1. The molecule has 2 aromatic carbocycles. The van der Waals surface area contributed by atoms with E-state index in [1.165, 1.54) is 11.1 Å². The molecule has 6 heteroatoms. The molecule has 0 radical (unpaired) electrons. The van der Waals surface area contributed by atoms with E-state index in [4.69, 9.17) is 9.47 Å². The Morgan fingerprint density at radius 3 is 2.77 bits per heavy atom. The predicted octanol–water partition coefficient (Wildman–Crippen LogP) is 2.48. The molecule has 0 saturated carbocycles. The van der Waals surface area contributed by atoms with Gasteiger partial charge in [0.15, 0.2) is 6.61 Å². The molecule has 0 spiro atoms. The summed E-state index contributed by atoms with van der Waals surface area (Å²) in [6.07, 6.45) is 3.49. The summed E-state index contributed by atoms with van der Waals surface area (Å²) in [5.41, 5.74) is 2.58. The largest absolute Gasteiger partial charge is 0.491 e. The standard InChI is InChI=1S/C24H32N2O4/c1-2-25-24(28)17-30-23-12-11-18-7-6-8-20(13-19(18)14-23)26-15-21(27)16-29-22-9-4-3-5-10-22/h3-5,9-12,14,20-21,26-27H,2,6-8,13,15-17H2,1H3,(H,25,28)/t20?,21-/m0/s1. The number of amides is 1. The number of ether oxygens (including phenoxy) is 2. The number of nitrogens with one attached hydrogen (secondary N) is 2. The van der Waals surface area contributed by atoms with E-state index in [1.54, 1.807) is 0 Å². The first-order valence-corrected chi connectivity index (χ1v) is 10.7. The topological polar surface area (TPSA) is 79.8 Å². The molecule has 0 aliphatic heterocycles. The van der Waals surface area contributed by atoms with Crippen molar-refractivity contribution in [2.75, 3.05) is 26.3 Å². The number of benzene rings is 2. The first-order chi connectivity index (χ1) is 14.6. The Morgan fingerprint density at radius 1 is 1.13 bits per heavy atom. The molecule has 0 heterocycles. The molecule has 30 heavy (non-hydrogen) atoms. The lowest BCUT2D eigenvalue weighted by Crippen LogP contribution is -2.39. The number of aliphatic hydroxyl groups excluding tert-OH is 1. The summed E-state index contributed by atoms with van der Waals surface area (Å²) in [6.45, 7) is 3.26. The highest BCUT2D eigenvalue weighted by Crippen LogP contribution is 2.25. The van der Waals surface area contributed by atoms with Crippen LogP contribution < -0.4 is 20.1 Å². The number of aliphatic hydroxyl groups is 1. The third kappa shape index (κ3) is 7.04. The van der Waals surface area contributed by atoms with E-state index in [9.17, 15) is 9.90 Å². The first-order valence-electron chi connectivity index (χ1n) is 10.7. The van der Waals surface area contributed by atoms with Crippen molar-refractivity contribution in [3.8, 4) is 11.5 Å². The molecule has 1 aliphatic carbocycles. The zero-order chi connectivity index (χ0) is 21.2. The molecule has 1 aliphatic rings. The van der Waals surface area contributed by atoms with Crippen molar-refractivity contribution >= 4 is 5.91 Å². The van der Waals surface area contributed by atoms with Crippen molar-refractivity contribution in [1.82, 2.24) is 10.6 Å². The van der Waals surface area contributed by atoms with Crippen LogP contribution in [-0.2, 0) is 17.6 Å². The van der Waals surface area contributed by atoms with Crippen molar-refractivity contribution in [3.05, 3.63) is 59.7 Å². The molecule has 0 aromatic heterocycles. The third-order valence-electron chi connectivity index (χ3n) is 5.21. The summed E-state index contributed by atoms with van der Waals surface area (Å²) >= 11 is 0. The molecule has 0 bridgehead atoms. The van der Waals surface area contributed by atoms with Crippen LogP contribution in [0.2, 0.25) is 0 Å². The molecule has 162 valence electrons. The number of carbonyl (C=O) groups is 1. The van der Waals surface area contributed by atoms with Crippen LogP contribution in [0.25, 0.3) is 0 Å². The minimum Gasteiger partial charge on any atom is -0.491 e. The van der Waals surface area contributed by atoms with Crippen molar-refractivity contribution in [2.24, 2.45) is 0 Å². The highest BCUT2D eigenvalue weighted by molar-refractivity contribution is 5.77. The van der Waals surface area contributed by atoms with Gasteiger partial charge in [-0.1, -0.05) is 24.3 Å². The van der Waals surface area contributed by atoms with Gasteiger partial charge in [-0.15, -0.1) is 0 Å². The number of hydrogen-bond acceptors (Lipinski definition) is 5. The lowest BCUT2D eigenvalue weighted by atomic mass is 10.0. The second-order valence-corrected chi connectivity index (χ2v) is 7.65. The molecular formula is C24H32N2O4. The summed E-state index contributed by atoms with van der Waals surface area (Å²) < 4.78 is 11.3. The second kappa shape index (κ2) is 11.6. The lowest BCUT2D eigenvalue weighted by Gasteiger charge is -2.20. The molecule has 1 unspecified atom stereocenters. The van der Waals surface area contributed by atoms with Gasteiger partial charge in [0.05, 0.1) is 0 Å². The fourth-order valence-electron chi connectivity index (χ4n) is 3.67. The fourth-order valence-corrected chi connectivity index (χ4v) is 3.67.